The van der Waals surface area contributed by atoms with E-state index in [9.17, 15) is 9.90 Å². The molecule has 0 saturated heterocycles. The summed E-state index contributed by atoms with van der Waals surface area (Å²) in [6.45, 7) is 7.40. The van der Waals surface area contributed by atoms with Crippen LogP contribution in [0, 0.1) is 9.93 Å². The number of anilines is 1. The summed E-state index contributed by atoms with van der Waals surface area (Å²) in [6.07, 6.45) is 2.12. The van der Waals surface area contributed by atoms with Gasteiger partial charge >= 0.3 is 0 Å². The number of rotatable bonds is 4. The van der Waals surface area contributed by atoms with Crippen molar-refractivity contribution in [1.29, 1.82) is 0 Å². The molecular formula is C12H19NO2S. The highest BCUT2D eigenvalue weighted by molar-refractivity contribution is 7.71. The van der Waals surface area contributed by atoms with Crippen molar-refractivity contribution in [2.75, 3.05) is 18.5 Å². The van der Waals surface area contributed by atoms with Gasteiger partial charge in [0.15, 0.2) is 5.75 Å². The first-order valence-corrected chi connectivity index (χ1v) is 5.88. The van der Waals surface area contributed by atoms with Crippen molar-refractivity contribution in [2.45, 2.75) is 33.6 Å². The number of hydrogen-bond acceptors (Lipinski definition) is 4. The van der Waals surface area contributed by atoms with Gasteiger partial charge in [0.05, 0.1) is 0 Å². The molecule has 4 heteroatoms. The fourth-order valence-corrected chi connectivity index (χ4v) is 2.03. The second kappa shape index (κ2) is 4.53. The highest BCUT2D eigenvalue weighted by atomic mass is 32.1. The Labute approximate surface area is 101 Å². The van der Waals surface area contributed by atoms with Crippen molar-refractivity contribution in [3.8, 4) is 5.75 Å². The lowest BCUT2D eigenvalue weighted by Gasteiger charge is -2.24. The van der Waals surface area contributed by atoms with E-state index in [0.717, 1.165) is 19.4 Å². The Morgan fingerprint density at radius 2 is 1.94 bits per heavy atom. The Hall–Kier alpha value is -0.900. The fourth-order valence-electron chi connectivity index (χ4n) is 1.68. The largest absolute Gasteiger partial charge is 0.503 e. The van der Waals surface area contributed by atoms with E-state index in [1.54, 1.807) is 0 Å². The maximum absolute atomic E-state index is 11.0. The molecule has 0 fully saturated rings. The Morgan fingerprint density at radius 3 is 2.38 bits per heavy atom. The molecule has 0 radical (unpaired) electrons. The predicted molar refractivity (Wildman–Crippen MR) is 69.5 cm³/mol. The number of nitrogens with zero attached hydrogens (tertiary/aromatic N) is 1. The topological polar surface area (TPSA) is 40.5 Å². The van der Waals surface area contributed by atoms with Crippen LogP contribution >= 0.6 is 12.2 Å². The predicted octanol–water partition coefficient (Wildman–Crippen LogP) is 2.62. The first-order chi connectivity index (χ1) is 7.24. The number of hydrogen-bond donors (Lipinski definition) is 1. The molecule has 16 heavy (non-hydrogen) atoms. The normalized spacial score (nSPS) is 12.0. The van der Waals surface area contributed by atoms with Gasteiger partial charge in [-0.1, -0.05) is 33.0 Å². The molecule has 0 aliphatic rings. The van der Waals surface area contributed by atoms with E-state index in [4.69, 9.17) is 12.2 Å². The molecule has 1 rings (SSSR count). The minimum absolute atomic E-state index is 0.178. The van der Waals surface area contributed by atoms with Crippen LogP contribution in [-0.4, -0.2) is 18.7 Å². The van der Waals surface area contributed by atoms with Crippen molar-refractivity contribution in [2.24, 2.45) is 5.41 Å². The zero-order chi connectivity index (χ0) is 12.5. The van der Waals surface area contributed by atoms with Gasteiger partial charge < -0.3 is 10.0 Å². The molecule has 0 spiro atoms. The monoisotopic (exact) mass is 241 g/mol. The molecule has 0 aromatic heterocycles. The summed E-state index contributed by atoms with van der Waals surface area (Å²) in [5.41, 5.74) is 0.453. The maximum atomic E-state index is 11.0. The number of aromatic hydroxyl groups is 1. The molecule has 0 saturated carbocycles. The Balaban J connectivity index is 2.52. The van der Waals surface area contributed by atoms with Crippen molar-refractivity contribution < 1.29 is 5.11 Å². The highest BCUT2D eigenvalue weighted by Crippen LogP contribution is 2.28. The lowest BCUT2D eigenvalue weighted by Crippen LogP contribution is -2.26. The molecule has 0 aliphatic heterocycles. The molecule has 0 atom stereocenters. The summed E-state index contributed by atoms with van der Waals surface area (Å²) in [5.74, 6) is -0.178. The SMILES string of the molecule is CN(CCCC(C)(C)C)c1c(O)c(=O)c1=S. The third-order valence-electron chi connectivity index (χ3n) is 2.66. The van der Waals surface area contributed by atoms with E-state index in [1.165, 1.54) is 0 Å². The molecule has 1 aromatic rings. The van der Waals surface area contributed by atoms with Crippen LogP contribution in [-0.2, 0) is 0 Å². The van der Waals surface area contributed by atoms with E-state index >= 15 is 0 Å². The van der Waals surface area contributed by atoms with Crippen LogP contribution in [0.25, 0.3) is 0 Å². The second-order valence-corrected chi connectivity index (χ2v) is 5.85. The summed E-state index contributed by atoms with van der Waals surface area (Å²) in [6, 6.07) is 0. The van der Waals surface area contributed by atoms with Crippen molar-refractivity contribution in [3.63, 3.8) is 0 Å². The standard InChI is InChI=1S/C12H19NO2S/c1-12(2,3)6-5-7-13(4)8-9(14)10(15)11(8)16/h14H,5-7H2,1-4H3. The van der Waals surface area contributed by atoms with Crippen LogP contribution in [0.4, 0.5) is 5.69 Å². The molecule has 0 bridgehead atoms. The highest BCUT2D eigenvalue weighted by Gasteiger charge is 2.20. The van der Waals surface area contributed by atoms with Gasteiger partial charge in [0.1, 0.15) is 10.2 Å². The van der Waals surface area contributed by atoms with E-state index in [1.807, 2.05) is 11.9 Å². The molecule has 1 aromatic carbocycles. The average molecular weight is 241 g/mol. The first-order valence-electron chi connectivity index (χ1n) is 5.47. The van der Waals surface area contributed by atoms with Crippen LogP contribution in [0.15, 0.2) is 4.79 Å². The molecule has 90 valence electrons. The van der Waals surface area contributed by atoms with E-state index in [2.05, 4.69) is 20.8 Å². The minimum Gasteiger partial charge on any atom is -0.503 e. The van der Waals surface area contributed by atoms with Gasteiger partial charge in [0, 0.05) is 13.6 Å². The van der Waals surface area contributed by atoms with Gasteiger partial charge in [-0.25, -0.2) is 0 Å². The summed E-state index contributed by atoms with van der Waals surface area (Å²) >= 11 is 4.90. The van der Waals surface area contributed by atoms with Gasteiger partial charge in [-0.05, 0) is 18.3 Å². The molecule has 0 heterocycles. The average Bonchev–Trinajstić information content (AvgIpc) is 2.15. The zero-order valence-electron chi connectivity index (χ0n) is 10.3. The van der Waals surface area contributed by atoms with Crippen LogP contribution in [0.2, 0.25) is 0 Å². The van der Waals surface area contributed by atoms with Gasteiger partial charge in [0.2, 0.25) is 5.43 Å². The van der Waals surface area contributed by atoms with Crippen molar-refractivity contribution in [3.05, 3.63) is 14.7 Å². The molecule has 0 unspecified atom stereocenters. The fraction of sp³-hybridized carbons (Fsp3) is 0.667. The minimum atomic E-state index is -0.396. The Kier molecular flexibility index (Phi) is 3.73. The third-order valence-corrected chi connectivity index (χ3v) is 3.04. The van der Waals surface area contributed by atoms with E-state index in [0.29, 0.717) is 11.1 Å². The van der Waals surface area contributed by atoms with Crippen molar-refractivity contribution >= 4 is 17.9 Å². The smallest absolute Gasteiger partial charge is 0.242 e. The van der Waals surface area contributed by atoms with Gasteiger partial charge in [-0.2, -0.15) is 0 Å². The quantitative estimate of drug-likeness (QED) is 0.823. The molecular weight excluding hydrogens is 222 g/mol. The third kappa shape index (κ3) is 2.82. The molecule has 0 amide bonds. The lowest BCUT2D eigenvalue weighted by atomic mass is 9.90. The summed E-state index contributed by atoms with van der Waals surface area (Å²) in [7, 11) is 1.85. The van der Waals surface area contributed by atoms with Gasteiger partial charge in [-0.15, -0.1) is 0 Å². The summed E-state index contributed by atoms with van der Waals surface area (Å²) in [5, 5.41) is 9.38. The lowest BCUT2D eigenvalue weighted by molar-refractivity contribution is 0.366. The van der Waals surface area contributed by atoms with E-state index < -0.39 is 5.43 Å². The Bertz CT molecular complexity index is 438. The molecule has 0 aliphatic carbocycles. The van der Waals surface area contributed by atoms with Crippen molar-refractivity contribution in [1.82, 2.24) is 0 Å². The first kappa shape index (κ1) is 13.2. The second-order valence-electron chi connectivity index (χ2n) is 5.44. The van der Waals surface area contributed by atoms with E-state index in [-0.39, 0.29) is 10.3 Å². The van der Waals surface area contributed by atoms with Gasteiger partial charge in [-0.3, -0.25) is 4.79 Å². The molecule has 3 nitrogen and oxygen atoms in total. The van der Waals surface area contributed by atoms with Gasteiger partial charge in [0.25, 0.3) is 0 Å². The Morgan fingerprint density at radius 1 is 1.38 bits per heavy atom. The summed E-state index contributed by atoms with van der Waals surface area (Å²) in [4.78, 5) is 12.9. The molecule has 1 N–H and O–H groups in total. The van der Waals surface area contributed by atoms with Crippen LogP contribution in [0.5, 0.6) is 5.75 Å². The zero-order valence-corrected chi connectivity index (χ0v) is 11.1. The summed E-state index contributed by atoms with van der Waals surface area (Å²) < 4.78 is 0.260. The van der Waals surface area contributed by atoms with Crippen LogP contribution in [0.1, 0.15) is 33.6 Å². The maximum Gasteiger partial charge on any atom is 0.242 e. The van der Waals surface area contributed by atoms with Crippen LogP contribution in [0.3, 0.4) is 0 Å². The van der Waals surface area contributed by atoms with Crippen LogP contribution < -0.4 is 10.3 Å².